The second kappa shape index (κ2) is 4.46. The van der Waals surface area contributed by atoms with Crippen molar-refractivity contribution < 1.29 is 22.1 Å². The Morgan fingerprint density at radius 2 is 1.77 bits per heavy atom. The molecule has 0 heterocycles. The third-order valence-corrected chi connectivity index (χ3v) is 1.39. The fourth-order valence-electron chi connectivity index (χ4n) is 0.664. The Morgan fingerprint density at radius 3 is 2.31 bits per heavy atom. The van der Waals surface area contributed by atoms with Gasteiger partial charge >= 0.3 is 17.1 Å². The van der Waals surface area contributed by atoms with Crippen molar-refractivity contribution in [2.75, 3.05) is 0 Å². The zero-order chi connectivity index (χ0) is 9.68. The number of hydrogen-bond acceptors (Lipinski definition) is 5. The zero-order valence-corrected chi connectivity index (χ0v) is 7.27. The largest absolute Gasteiger partial charge is 0.529 e. The molecule has 1 aromatic rings. The van der Waals surface area contributed by atoms with Crippen molar-refractivity contribution in [1.82, 2.24) is 0 Å². The minimum atomic E-state index is -3.21. The maximum atomic E-state index is 10.6. The van der Waals surface area contributed by atoms with Crippen LogP contribution in [0.2, 0.25) is 0 Å². The fraction of sp³-hybridized carbons (Fsp3) is 0. The predicted octanol–water partition coefficient (Wildman–Crippen LogP) is 0.728. The first kappa shape index (κ1) is 9.53. The summed E-state index contributed by atoms with van der Waals surface area (Å²) in [6, 6.07) is 8.00. The molecule has 0 amide bonds. The molecule has 70 valence electrons. The van der Waals surface area contributed by atoms with Gasteiger partial charge in [-0.25, -0.2) is 4.79 Å². The van der Waals surface area contributed by atoms with Crippen LogP contribution < -0.4 is 4.74 Å². The first-order valence-corrected chi connectivity index (χ1v) is 4.37. The number of thiol groups is 1. The minimum Gasteiger partial charge on any atom is -0.394 e. The molecule has 0 unspecified atom stereocenters. The molecule has 0 aliphatic heterocycles. The summed E-state index contributed by atoms with van der Waals surface area (Å²) in [4.78, 5) is 10.6. The smallest absolute Gasteiger partial charge is 0.394 e. The topological polar surface area (TPSA) is 69.7 Å². The van der Waals surface area contributed by atoms with E-state index in [1.165, 1.54) is 12.1 Å². The second-order valence-electron chi connectivity index (χ2n) is 1.98. The molecule has 0 radical (unpaired) electrons. The lowest BCUT2D eigenvalue weighted by molar-refractivity contribution is 0.156. The van der Waals surface area contributed by atoms with E-state index in [2.05, 4.69) is 8.92 Å². The molecule has 0 atom stereocenters. The van der Waals surface area contributed by atoms with Crippen LogP contribution in [0.5, 0.6) is 5.75 Å². The lowest BCUT2D eigenvalue weighted by atomic mass is 10.3. The molecule has 0 saturated carbocycles. The van der Waals surface area contributed by atoms with Gasteiger partial charge in [0.1, 0.15) is 5.75 Å². The van der Waals surface area contributed by atoms with Gasteiger partial charge in [0, 0.05) is 0 Å². The van der Waals surface area contributed by atoms with E-state index in [1.54, 1.807) is 18.2 Å². The van der Waals surface area contributed by atoms with E-state index in [9.17, 15) is 13.2 Å². The molecule has 5 nitrogen and oxygen atoms in total. The highest BCUT2D eigenvalue weighted by atomic mass is 32.2. The Bertz CT molecular complexity index is 348. The van der Waals surface area contributed by atoms with Crippen LogP contribution in [-0.2, 0) is 15.2 Å². The number of carbonyl (C=O) groups is 1. The van der Waals surface area contributed by atoms with E-state index in [0.29, 0.717) is 0 Å². The lowest BCUT2D eigenvalue weighted by Gasteiger charge is -1.99. The van der Waals surface area contributed by atoms with Crippen LogP contribution in [0.25, 0.3) is 0 Å². The number of ether oxygens (including phenoxy) is 1. The van der Waals surface area contributed by atoms with Crippen molar-refractivity contribution in [3.05, 3.63) is 30.3 Å². The SMILES string of the molecule is O=C(Oc1ccccc1)O[SH](=O)=O. The Labute approximate surface area is 76.1 Å². The van der Waals surface area contributed by atoms with Gasteiger partial charge in [-0.3, -0.25) is 0 Å². The van der Waals surface area contributed by atoms with Crippen molar-refractivity contribution >= 4 is 17.1 Å². The summed E-state index contributed by atoms with van der Waals surface area (Å²) in [5.41, 5.74) is 0. The van der Waals surface area contributed by atoms with Crippen LogP contribution in [0.1, 0.15) is 0 Å². The van der Waals surface area contributed by atoms with E-state index in [-0.39, 0.29) is 5.75 Å². The minimum absolute atomic E-state index is 0.226. The number of benzene rings is 1. The molecule has 0 aromatic heterocycles. The van der Waals surface area contributed by atoms with Crippen molar-refractivity contribution in [2.45, 2.75) is 0 Å². The van der Waals surface area contributed by atoms with Gasteiger partial charge in [-0.15, -0.1) is 0 Å². The van der Waals surface area contributed by atoms with Crippen LogP contribution >= 0.6 is 0 Å². The molecule has 6 heteroatoms. The summed E-state index contributed by atoms with van der Waals surface area (Å²) in [7, 11) is -3.21. The highest BCUT2D eigenvalue weighted by Gasteiger charge is 2.05. The third-order valence-electron chi connectivity index (χ3n) is 1.09. The molecular formula is C7H6O5S. The summed E-state index contributed by atoms with van der Waals surface area (Å²) in [6.07, 6.45) is -1.26. The molecule has 0 spiro atoms. The molecule has 0 fully saturated rings. The van der Waals surface area contributed by atoms with Crippen LogP contribution in [0, 0.1) is 0 Å². The normalized spacial score (nSPS) is 9.62. The van der Waals surface area contributed by atoms with Crippen LogP contribution in [0.4, 0.5) is 4.79 Å². The predicted molar refractivity (Wildman–Crippen MR) is 43.9 cm³/mol. The molecule has 0 aliphatic rings. The van der Waals surface area contributed by atoms with Gasteiger partial charge < -0.3 is 8.92 Å². The maximum Gasteiger partial charge on any atom is 0.529 e. The summed E-state index contributed by atoms with van der Waals surface area (Å²) in [5, 5.41) is 0. The number of rotatable bonds is 2. The van der Waals surface area contributed by atoms with Crippen molar-refractivity contribution in [1.29, 1.82) is 0 Å². The molecular weight excluding hydrogens is 196 g/mol. The number of carbonyl (C=O) groups excluding carboxylic acids is 1. The van der Waals surface area contributed by atoms with Crippen molar-refractivity contribution in [3.63, 3.8) is 0 Å². The molecule has 1 aromatic carbocycles. The van der Waals surface area contributed by atoms with Crippen LogP contribution in [-0.4, -0.2) is 14.6 Å². The van der Waals surface area contributed by atoms with E-state index in [1.807, 2.05) is 0 Å². The molecule has 0 bridgehead atoms. The van der Waals surface area contributed by atoms with Gasteiger partial charge in [-0.05, 0) is 12.1 Å². The van der Waals surface area contributed by atoms with Gasteiger partial charge in [0.15, 0.2) is 0 Å². The first-order chi connectivity index (χ1) is 6.18. The van der Waals surface area contributed by atoms with E-state index < -0.39 is 17.1 Å². The summed E-state index contributed by atoms with van der Waals surface area (Å²) >= 11 is 0. The van der Waals surface area contributed by atoms with Gasteiger partial charge in [0.05, 0.1) is 0 Å². The van der Waals surface area contributed by atoms with Crippen LogP contribution in [0.15, 0.2) is 30.3 Å². The molecule has 13 heavy (non-hydrogen) atoms. The average Bonchev–Trinajstić information content (AvgIpc) is 2.04. The fourth-order valence-corrected chi connectivity index (χ4v) is 0.823. The summed E-state index contributed by atoms with van der Waals surface area (Å²) in [5.74, 6) is 0.226. The lowest BCUT2D eigenvalue weighted by Crippen LogP contribution is -2.08. The van der Waals surface area contributed by atoms with Gasteiger partial charge in [-0.1, -0.05) is 18.2 Å². The summed E-state index contributed by atoms with van der Waals surface area (Å²) < 4.78 is 28.1. The van der Waals surface area contributed by atoms with E-state index in [4.69, 9.17) is 0 Å². The molecule has 0 aliphatic carbocycles. The standard InChI is InChI=1S/C7H6O5S/c8-7(12-13(9)10)11-6-4-2-1-3-5-6/h1-5,13H. The van der Waals surface area contributed by atoms with Gasteiger partial charge in [0.2, 0.25) is 0 Å². The zero-order valence-electron chi connectivity index (χ0n) is 6.38. The molecule has 0 N–H and O–H groups in total. The Balaban J connectivity index is 2.55. The molecule has 1 rings (SSSR count). The van der Waals surface area contributed by atoms with Crippen LogP contribution in [0.3, 0.4) is 0 Å². The highest BCUT2D eigenvalue weighted by Crippen LogP contribution is 2.08. The number of para-hydroxylation sites is 1. The Hall–Kier alpha value is -1.56. The monoisotopic (exact) mass is 202 g/mol. The summed E-state index contributed by atoms with van der Waals surface area (Å²) in [6.45, 7) is 0. The third kappa shape index (κ3) is 3.57. The average molecular weight is 202 g/mol. The van der Waals surface area contributed by atoms with E-state index in [0.717, 1.165) is 0 Å². The second-order valence-corrected chi connectivity index (χ2v) is 2.61. The molecule has 0 saturated heterocycles. The number of hydrogen-bond donors (Lipinski definition) is 1. The quantitative estimate of drug-likeness (QED) is 0.435. The van der Waals surface area contributed by atoms with Gasteiger partial charge in [-0.2, -0.15) is 8.42 Å². The van der Waals surface area contributed by atoms with Crippen molar-refractivity contribution in [2.24, 2.45) is 0 Å². The first-order valence-electron chi connectivity index (χ1n) is 3.27. The Morgan fingerprint density at radius 1 is 1.15 bits per heavy atom. The maximum absolute atomic E-state index is 10.6. The van der Waals surface area contributed by atoms with E-state index >= 15 is 0 Å². The van der Waals surface area contributed by atoms with Crippen molar-refractivity contribution in [3.8, 4) is 5.75 Å². The van der Waals surface area contributed by atoms with Gasteiger partial charge in [0.25, 0.3) is 0 Å². The Kier molecular flexibility index (Phi) is 3.27. The highest BCUT2D eigenvalue weighted by molar-refractivity contribution is 7.67.